The van der Waals surface area contributed by atoms with Crippen molar-refractivity contribution >= 4 is 50.0 Å². The van der Waals surface area contributed by atoms with E-state index in [0.29, 0.717) is 5.41 Å². The predicted octanol–water partition coefficient (Wildman–Crippen LogP) is 16.6. The van der Waals surface area contributed by atoms with Crippen molar-refractivity contribution in [3.8, 4) is 11.1 Å². The molecule has 8 rings (SSSR count). The van der Waals surface area contributed by atoms with Gasteiger partial charge in [-0.15, -0.1) is 0 Å². The zero-order chi connectivity index (χ0) is 40.7. The minimum absolute atomic E-state index is 0.143. The van der Waals surface area contributed by atoms with Gasteiger partial charge in [-0.1, -0.05) is 181 Å². The summed E-state index contributed by atoms with van der Waals surface area (Å²) >= 11 is 0. The van der Waals surface area contributed by atoms with E-state index < -0.39 is 0 Å². The Labute approximate surface area is 347 Å². The molecule has 292 valence electrons. The Hall–Kier alpha value is -6.12. The van der Waals surface area contributed by atoms with Crippen molar-refractivity contribution in [3.63, 3.8) is 0 Å². The number of benzene rings is 8. The fourth-order valence-corrected chi connectivity index (χ4v) is 7.75. The van der Waals surface area contributed by atoms with Gasteiger partial charge in [0, 0.05) is 33.5 Å². The van der Waals surface area contributed by atoms with Crippen LogP contribution in [0.5, 0.6) is 0 Å². The van der Waals surface area contributed by atoms with Gasteiger partial charge >= 0.3 is 0 Å². The molecule has 0 aliphatic rings. The van der Waals surface area contributed by atoms with Gasteiger partial charge in [0.25, 0.3) is 0 Å². The lowest BCUT2D eigenvalue weighted by molar-refractivity contribution is 0.439. The molecule has 2 heteroatoms. The molecule has 8 aromatic carbocycles. The highest BCUT2D eigenvalue weighted by atomic mass is 15.1. The quantitative estimate of drug-likeness (QED) is 0.141. The minimum atomic E-state index is 0.143. The Balaban J connectivity index is 0.000000337. The molecule has 0 spiro atoms. The van der Waals surface area contributed by atoms with Gasteiger partial charge in [-0.25, -0.2) is 0 Å². The molecule has 0 radical (unpaired) electrons. The summed E-state index contributed by atoms with van der Waals surface area (Å²) in [6.45, 7) is 15.9. The molecule has 0 aromatic heterocycles. The molecule has 0 saturated heterocycles. The Bertz CT molecular complexity index is 2550. The van der Waals surface area contributed by atoms with Crippen LogP contribution >= 0.6 is 0 Å². The lowest BCUT2D eigenvalue weighted by Gasteiger charge is -2.29. The van der Waals surface area contributed by atoms with Gasteiger partial charge in [-0.3, -0.25) is 0 Å². The third-order valence-corrected chi connectivity index (χ3v) is 12.5. The Kier molecular flexibility index (Phi) is 12.1. The third-order valence-electron chi connectivity index (χ3n) is 12.5. The van der Waals surface area contributed by atoms with E-state index in [9.17, 15) is 0 Å². The summed E-state index contributed by atoms with van der Waals surface area (Å²) in [5.41, 5.74) is 12.7. The molecular formula is C56H58N2. The molecule has 0 unspecified atom stereocenters. The molecule has 58 heavy (non-hydrogen) atoms. The molecule has 0 amide bonds. The van der Waals surface area contributed by atoms with Crippen molar-refractivity contribution in [1.82, 2.24) is 0 Å². The zero-order valence-electron chi connectivity index (χ0n) is 35.4. The second-order valence-corrected chi connectivity index (χ2v) is 16.5. The van der Waals surface area contributed by atoms with E-state index in [2.05, 4.69) is 241 Å². The van der Waals surface area contributed by atoms with Crippen LogP contribution in [0.25, 0.3) is 32.7 Å². The molecule has 0 bridgehead atoms. The van der Waals surface area contributed by atoms with Crippen LogP contribution in [0.4, 0.5) is 28.4 Å². The average Bonchev–Trinajstić information content (AvgIpc) is 3.27. The summed E-state index contributed by atoms with van der Waals surface area (Å²) in [6.07, 6.45) is 3.53. The highest BCUT2D eigenvalue weighted by Gasteiger charge is 2.22. The van der Waals surface area contributed by atoms with Gasteiger partial charge in [0.05, 0.1) is 5.69 Å². The standard InChI is InChI=1S/C43H38N2.C13H20/c1-4-43(2,3)35-23-29-38(30-24-35)45(42-18-10-14-34-12-6-8-16-40(34)42)37-27-21-32(22-28-37)31-19-25-36(26-20-31)44-41-17-9-13-33-11-5-7-15-39(33)41;1-5-13(4,6-2)12-9-7-11(3)8-10-12/h5-30,44H,4H2,1-3H3;7-10H,5-6H2,1-4H3. The summed E-state index contributed by atoms with van der Waals surface area (Å²) in [4.78, 5) is 2.38. The van der Waals surface area contributed by atoms with Crippen LogP contribution in [0.15, 0.2) is 182 Å². The number of nitrogens with one attached hydrogen (secondary N) is 1. The van der Waals surface area contributed by atoms with E-state index in [1.165, 1.54) is 67.9 Å². The minimum Gasteiger partial charge on any atom is -0.355 e. The Morgan fingerprint density at radius 3 is 1.52 bits per heavy atom. The van der Waals surface area contributed by atoms with Gasteiger partial charge in [0.2, 0.25) is 0 Å². The molecule has 8 aromatic rings. The van der Waals surface area contributed by atoms with Gasteiger partial charge in [-0.2, -0.15) is 0 Å². The lowest BCUT2D eigenvalue weighted by Crippen LogP contribution is -2.19. The molecule has 2 nitrogen and oxygen atoms in total. The van der Waals surface area contributed by atoms with Crippen molar-refractivity contribution in [2.45, 2.75) is 78.6 Å². The lowest BCUT2D eigenvalue weighted by atomic mass is 9.78. The second-order valence-electron chi connectivity index (χ2n) is 16.5. The Morgan fingerprint density at radius 1 is 0.448 bits per heavy atom. The van der Waals surface area contributed by atoms with E-state index >= 15 is 0 Å². The molecular weight excluding hydrogens is 701 g/mol. The van der Waals surface area contributed by atoms with Gasteiger partial charge < -0.3 is 10.2 Å². The van der Waals surface area contributed by atoms with Crippen LogP contribution in [0, 0.1) is 6.92 Å². The molecule has 0 aliphatic heterocycles. The first-order chi connectivity index (χ1) is 28.1. The molecule has 0 saturated carbocycles. The van der Waals surface area contributed by atoms with E-state index in [-0.39, 0.29) is 5.41 Å². The van der Waals surface area contributed by atoms with Crippen LogP contribution in [0.3, 0.4) is 0 Å². The second kappa shape index (κ2) is 17.6. The maximum Gasteiger partial charge on any atom is 0.0540 e. The summed E-state index contributed by atoms with van der Waals surface area (Å²) in [5.74, 6) is 0. The first-order valence-electron chi connectivity index (χ1n) is 21.0. The van der Waals surface area contributed by atoms with E-state index in [1.54, 1.807) is 0 Å². The summed E-state index contributed by atoms with van der Waals surface area (Å²) in [5, 5.41) is 8.53. The molecule has 0 aliphatic carbocycles. The normalized spacial score (nSPS) is 11.6. The Morgan fingerprint density at radius 2 is 0.931 bits per heavy atom. The van der Waals surface area contributed by atoms with Crippen molar-refractivity contribution < 1.29 is 0 Å². The first-order valence-corrected chi connectivity index (χ1v) is 21.0. The monoisotopic (exact) mass is 758 g/mol. The smallest absolute Gasteiger partial charge is 0.0540 e. The maximum atomic E-state index is 3.61. The predicted molar refractivity (Wildman–Crippen MR) is 254 cm³/mol. The topological polar surface area (TPSA) is 15.3 Å². The van der Waals surface area contributed by atoms with Gasteiger partial charge in [-0.05, 0) is 119 Å². The average molecular weight is 759 g/mol. The number of hydrogen-bond donors (Lipinski definition) is 1. The zero-order valence-corrected chi connectivity index (χ0v) is 35.4. The van der Waals surface area contributed by atoms with Crippen molar-refractivity contribution in [1.29, 1.82) is 0 Å². The van der Waals surface area contributed by atoms with Crippen LogP contribution in [-0.4, -0.2) is 0 Å². The van der Waals surface area contributed by atoms with E-state index in [1.807, 2.05) is 0 Å². The highest BCUT2D eigenvalue weighted by molar-refractivity contribution is 5.99. The van der Waals surface area contributed by atoms with Gasteiger partial charge in [0.1, 0.15) is 0 Å². The number of fused-ring (bicyclic) bond motifs is 2. The first kappa shape index (κ1) is 40.1. The number of hydrogen-bond acceptors (Lipinski definition) is 2. The maximum absolute atomic E-state index is 3.61. The number of rotatable bonds is 11. The molecule has 0 atom stereocenters. The SMILES string of the molecule is CCC(C)(C)c1ccc(N(c2ccc(-c3ccc(Nc4cccc5ccccc45)cc3)cc2)c2cccc3ccccc23)cc1.CCC(C)(CC)c1ccc(C)cc1. The summed E-state index contributed by atoms with van der Waals surface area (Å²) in [6, 6.07) is 65.8. The molecule has 0 fully saturated rings. The number of anilines is 5. The summed E-state index contributed by atoms with van der Waals surface area (Å²) in [7, 11) is 0. The van der Waals surface area contributed by atoms with Gasteiger partial charge in [0.15, 0.2) is 0 Å². The fraction of sp³-hybridized carbons (Fsp3) is 0.214. The third kappa shape index (κ3) is 8.72. The van der Waals surface area contributed by atoms with Crippen LogP contribution < -0.4 is 10.2 Å². The van der Waals surface area contributed by atoms with E-state index in [0.717, 1.165) is 29.2 Å². The highest BCUT2D eigenvalue weighted by Crippen LogP contribution is 2.41. The number of nitrogens with zero attached hydrogens (tertiary/aromatic N) is 1. The van der Waals surface area contributed by atoms with Crippen LogP contribution in [0.2, 0.25) is 0 Å². The number of aryl methyl sites for hydroxylation is 1. The summed E-state index contributed by atoms with van der Waals surface area (Å²) < 4.78 is 0. The molecule has 1 N–H and O–H groups in total. The van der Waals surface area contributed by atoms with Crippen LogP contribution in [0.1, 0.15) is 77.5 Å². The largest absolute Gasteiger partial charge is 0.355 e. The molecule has 0 heterocycles. The van der Waals surface area contributed by atoms with Crippen LogP contribution in [-0.2, 0) is 10.8 Å². The van der Waals surface area contributed by atoms with Crippen molar-refractivity contribution in [2.75, 3.05) is 10.2 Å². The van der Waals surface area contributed by atoms with Crippen molar-refractivity contribution in [2.24, 2.45) is 0 Å². The fourth-order valence-electron chi connectivity index (χ4n) is 7.75. The van der Waals surface area contributed by atoms with E-state index in [4.69, 9.17) is 0 Å². The van der Waals surface area contributed by atoms with Crippen molar-refractivity contribution in [3.05, 3.63) is 199 Å².